The number of nitro benzene ring substituents is 1. The predicted octanol–water partition coefficient (Wildman–Crippen LogP) is 2.09. The van der Waals surface area contributed by atoms with Gasteiger partial charge in [0.15, 0.2) is 0 Å². The third-order valence-corrected chi connectivity index (χ3v) is 4.27. The Morgan fingerprint density at radius 2 is 1.72 bits per heavy atom. The molecule has 0 N–H and O–H groups in total. The number of furan rings is 1. The second-order valence-electron chi connectivity index (χ2n) is 5.82. The number of carbonyl (C=O) groups excluding carboxylic acids is 2. The summed E-state index contributed by atoms with van der Waals surface area (Å²) in [5, 5.41) is 11.3. The molecule has 8 heteroatoms. The molecule has 1 saturated heterocycles. The van der Waals surface area contributed by atoms with E-state index >= 15 is 0 Å². The van der Waals surface area contributed by atoms with Gasteiger partial charge in [-0.2, -0.15) is 0 Å². The molecule has 130 valence electrons. The zero-order valence-electron chi connectivity index (χ0n) is 13.7. The molecule has 1 aromatic heterocycles. The van der Waals surface area contributed by atoms with Gasteiger partial charge in [0, 0.05) is 31.7 Å². The molecular formula is C17H17N3O5. The van der Waals surface area contributed by atoms with Crippen molar-refractivity contribution in [2.24, 2.45) is 0 Å². The maximum Gasteiger partial charge on any atom is 0.285 e. The number of amides is 2. The van der Waals surface area contributed by atoms with Crippen molar-refractivity contribution in [2.45, 2.75) is 6.92 Å². The molecule has 0 bridgehead atoms. The molecule has 2 aromatic rings. The molecule has 8 nitrogen and oxygen atoms in total. The van der Waals surface area contributed by atoms with Crippen LogP contribution >= 0.6 is 0 Å². The summed E-state index contributed by atoms with van der Waals surface area (Å²) in [6, 6.07) is 6.30. The number of hydrogen-bond acceptors (Lipinski definition) is 5. The van der Waals surface area contributed by atoms with E-state index in [0.29, 0.717) is 37.3 Å². The standard InChI is InChI=1S/C17H17N3O5/c1-12-3-2-4-14(15(12)20(23)24)17(22)19-8-6-18(7-9-19)16(21)13-5-10-25-11-13/h2-5,10-11H,6-9H2,1H3. The van der Waals surface area contributed by atoms with Crippen LogP contribution in [0.25, 0.3) is 0 Å². The van der Waals surface area contributed by atoms with Crippen LogP contribution in [0.4, 0.5) is 5.69 Å². The summed E-state index contributed by atoms with van der Waals surface area (Å²) in [6.45, 7) is 3.00. The quantitative estimate of drug-likeness (QED) is 0.628. The molecule has 3 rings (SSSR count). The van der Waals surface area contributed by atoms with Gasteiger partial charge in [-0.1, -0.05) is 12.1 Å². The van der Waals surface area contributed by atoms with E-state index in [1.807, 2.05) is 0 Å². The van der Waals surface area contributed by atoms with E-state index in [1.165, 1.54) is 18.6 Å². The highest BCUT2D eigenvalue weighted by Crippen LogP contribution is 2.25. The number of nitrogens with zero attached hydrogens (tertiary/aromatic N) is 3. The molecule has 1 aliphatic rings. The molecule has 0 aliphatic carbocycles. The lowest BCUT2D eigenvalue weighted by molar-refractivity contribution is -0.385. The molecule has 0 unspecified atom stereocenters. The van der Waals surface area contributed by atoms with Crippen LogP contribution in [0, 0.1) is 17.0 Å². The molecule has 1 aromatic carbocycles. The lowest BCUT2D eigenvalue weighted by atomic mass is 10.1. The summed E-state index contributed by atoms with van der Waals surface area (Å²) >= 11 is 0. The molecular weight excluding hydrogens is 326 g/mol. The number of aryl methyl sites for hydroxylation is 1. The summed E-state index contributed by atoms with van der Waals surface area (Å²) < 4.78 is 4.91. The van der Waals surface area contributed by atoms with Crippen molar-refractivity contribution < 1.29 is 18.9 Å². The van der Waals surface area contributed by atoms with Crippen molar-refractivity contribution in [3.8, 4) is 0 Å². The third-order valence-electron chi connectivity index (χ3n) is 4.27. The second-order valence-corrected chi connectivity index (χ2v) is 5.82. The average Bonchev–Trinajstić information content (AvgIpc) is 3.14. The first kappa shape index (κ1) is 16.7. The predicted molar refractivity (Wildman–Crippen MR) is 88.3 cm³/mol. The molecule has 0 saturated carbocycles. The number of hydrogen-bond donors (Lipinski definition) is 0. The van der Waals surface area contributed by atoms with E-state index < -0.39 is 4.92 Å². The van der Waals surface area contributed by atoms with Crippen molar-refractivity contribution in [2.75, 3.05) is 26.2 Å². The summed E-state index contributed by atoms with van der Waals surface area (Å²) in [6.07, 6.45) is 2.82. The first-order valence-electron chi connectivity index (χ1n) is 7.84. The van der Waals surface area contributed by atoms with Crippen LogP contribution in [0.3, 0.4) is 0 Å². The van der Waals surface area contributed by atoms with Gasteiger partial charge in [0.2, 0.25) is 0 Å². The number of rotatable bonds is 3. The van der Waals surface area contributed by atoms with Crippen molar-refractivity contribution in [3.63, 3.8) is 0 Å². The first-order chi connectivity index (χ1) is 12.0. The Morgan fingerprint density at radius 1 is 1.08 bits per heavy atom. The minimum atomic E-state index is -0.527. The summed E-state index contributed by atoms with van der Waals surface area (Å²) in [4.78, 5) is 38.9. The van der Waals surface area contributed by atoms with Gasteiger partial charge < -0.3 is 14.2 Å². The Kier molecular flexibility index (Phi) is 4.51. The van der Waals surface area contributed by atoms with Gasteiger partial charge in [0.1, 0.15) is 11.8 Å². The Bertz CT molecular complexity index is 808. The highest BCUT2D eigenvalue weighted by molar-refractivity contribution is 5.99. The maximum atomic E-state index is 12.7. The largest absolute Gasteiger partial charge is 0.472 e. The number of benzene rings is 1. The average molecular weight is 343 g/mol. The Labute approximate surface area is 143 Å². The summed E-state index contributed by atoms with van der Waals surface area (Å²) in [5.74, 6) is -0.534. The highest BCUT2D eigenvalue weighted by atomic mass is 16.6. The molecule has 0 spiro atoms. The van der Waals surface area contributed by atoms with E-state index in [1.54, 1.807) is 34.9 Å². The molecule has 2 heterocycles. The minimum Gasteiger partial charge on any atom is -0.472 e. The van der Waals surface area contributed by atoms with Crippen LogP contribution in [0.5, 0.6) is 0 Å². The number of carbonyl (C=O) groups is 2. The van der Waals surface area contributed by atoms with Gasteiger partial charge in [-0.05, 0) is 19.1 Å². The lowest BCUT2D eigenvalue weighted by Crippen LogP contribution is -2.50. The zero-order valence-corrected chi connectivity index (χ0v) is 13.7. The molecule has 2 amide bonds. The molecule has 0 atom stereocenters. The van der Waals surface area contributed by atoms with Gasteiger partial charge in [0.05, 0.1) is 16.7 Å². The second kappa shape index (κ2) is 6.76. The molecule has 25 heavy (non-hydrogen) atoms. The van der Waals surface area contributed by atoms with E-state index in [9.17, 15) is 19.7 Å². The highest BCUT2D eigenvalue weighted by Gasteiger charge is 2.30. The van der Waals surface area contributed by atoms with E-state index in [-0.39, 0.29) is 23.1 Å². The van der Waals surface area contributed by atoms with Crippen LogP contribution < -0.4 is 0 Å². The lowest BCUT2D eigenvalue weighted by Gasteiger charge is -2.34. The minimum absolute atomic E-state index is 0.0830. The fourth-order valence-corrected chi connectivity index (χ4v) is 2.93. The topological polar surface area (TPSA) is 96.9 Å². The fraction of sp³-hybridized carbons (Fsp3) is 0.294. The third kappa shape index (κ3) is 3.23. The zero-order chi connectivity index (χ0) is 18.0. The van der Waals surface area contributed by atoms with Crippen LogP contribution in [-0.4, -0.2) is 52.7 Å². The Balaban J connectivity index is 1.71. The number of piperazine rings is 1. The van der Waals surface area contributed by atoms with E-state index in [4.69, 9.17) is 4.42 Å². The smallest absolute Gasteiger partial charge is 0.285 e. The van der Waals surface area contributed by atoms with Crippen molar-refractivity contribution in [1.82, 2.24) is 9.80 Å². The SMILES string of the molecule is Cc1cccc(C(=O)N2CCN(C(=O)c3ccoc3)CC2)c1[N+](=O)[O-]. The number of nitro groups is 1. The summed E-state index contributed by atoms with van der Waals surface area (Å²) in [7, 11) is 0. The van der Waals surface area contributed by atoms with E-state index in [2.05, 4.69) is 0 Å². The Hall–Kier alpha value is -3.16. The Morgan fingerprint density at radius 3 is 2.28 bits per heavy atom. The van der Waals surface area contributed by atoms with Crippen molar-refractivity contribution >= 4 is 17.5 Å². The molecule has 0 radical (unpaired) electrons. The molecule has 1 aliphatic heterocycles. The normalized spacial score (nSPS) is 14.4. The fourth-order valence-electron chi connectivity index (χ4n) is 2.93. The molecule has 1 fully saturated rings. The van der Waals surface area contributed by atoms with Gasteiger partial charge in [0.25, 0.3) is 17.5 Å². The monoisotopic (exact) mass is 343 g/mol. The van der Waals surface area contributed by atoms with Crippen LogP contribution in [-0.2, 0) is 0 Å². The van der Waals surface area contributed by atoms with Crippen molar-refractivity contribution in [3.05, 3.63) is 63.6 Å². The van der Waals surface area contributed by atoms with Gasteiger partial charge in [-0.15, -0.1) is 0 Å². The van der Waals surface area contributed by atoms with Crippen LogP contribution in [0.1, 0.15) is 26.3 Å². The van der Waals surface area contributed by atoms with E-state index in [0.717, 1.165) is 0 Å². The van der Waals surface area contributed by atoms with Gasteiger partial charge >= 0.3 is 0 Å². The maximum absolute atomic E-state index is 12.7. The van der Waals surface area contributed by atoms with Crippen LogP contribution in [0.15, 0.2) is 41.2 Å². The first-order valence-corrected chi connectivity index (χ1v) is 7.84. The van der Waals surface area contributed by atoms with Crippen LogP contribution in [0.2, 0.25) is 0 Å². The van der Waals surface area contributed by atoms with Gasteiger partial charge in [-0.3, -0.25) is 19.7 Å². The summed E-state index contributed by atoms with van der Waals surface area (Å²) in [5.41, 5.74) is 0.836. The number of para-hydroxylation sites is 1. The van der Waals surface area contributed by atoms with Crippen molar-refractivity contribution in [1.29, 1.82) is 0 Å². The van der Waals surface area contributed by atoms with Gasteiger partial charge in [-0.25, -0.2) is 0 Å².